The number of para-hydroxylation sites is 1. The predicted molar refractivity (Wildman–Crippen MR) is 75.2 cm³/mol. The first-order valence-corrected chi connectivity index (χ1v) is 7.23. The molecule has 1 N–H and O–H groups in total. The number of nitro benzene ring substituents is 1. The van der Waals surface area contributed by atoms with Crippen molar-refractivity contribution in [2.24, 2.45) is 0 Å². The number of benzene rings is 1. The number of ether oxygens (including phenoxy) is 2. The molecule has 1 spiro atoms. The highest BCUT2D eigenvalue weighted by Gasteiger charge is 2.61. The van der Waals surface area contributed by atoms with Gasteiger partial charge in [-0.15, -0.1) is 0 Å². The molecule has 2 atom stereocenters. The highest BCUT2D eigenvalue weighted by molar-refractivity contribution is 5.79. The van der Waals surface area contributed by atoms with Gasteiger partial charge in [0.25, 0.3) is 5.69 Å². The van der Waals surface area contributed by atoms with Crippen molar-refractivity contribution in [3.63, 3.8) is 0 Å². The van der Waals surface area contributed by atoms with E-state index in [1.807, 2.05) is 0 Å². The van der Waals surface area contributed by atoms with Crippen molar-refractivity contribution in [2.45, 2.75) is 50.1 Å². The molecule has 0 amide bonds. The van der Waals surface area contributed by atoms with Crippen LogP contribution < -0.4 is 0 Å². The number of rotatable bonds is 3. The maximum Gasteiger partial charge on any atom is 0.338 e. The normalized spacial score (nSPS) is 29.8. The molecule has 1 aromatic carbocycles. The molecule has 1 aromatic rings. The smallest absolute Gasteiger partial charge is 0.338 e. The van der Waals surface area contributed by atoms with Crippen LogP contribution in [-0.2, 0) is 14.3 Å². The van der Waals surface area contributed by atoms with Gasteiger partial charge in [0.05, 0.1) is 10.5 Å². The molecular weight excluding hydrogens is 290 g/mol. The minimum Gasteiger partial charge on any atom is -0.479 e. The molecule has 3 rings (SSSR count). The predicted octanol–water partition coefficient (Wildman–Crippen LogP) is 2.80. The zero-order valence-electron chi connectivity index (χ0n) is 12.2. The van der Waals surface area contributed by atoms with E-state index >= 15 is 0 Å². The molecular formula is C15H17NO6. The first-order valence-electron chi connectivity index (χ1n) is 7.23. The monoisotopic (exact) mass is 307 g/mol. The van der Waals surface area contributed by atoms with Gasteiger partial charge >= 0.3 is 5.97 Å². The Labute approximate surface area is 127 Å². The van der Waals surface area contributed by atoms with Crippen molar-refractivity contribution >= 4 is 11.7 Å². The Morgan fingerprint density at radius 1 is 1.36 bits per heavy atom. The van der Waals surface area contributed by atoms with E-state index in [4.69, 9.17) is 9.47 Å². The summed E-state index contributed by atoms with van der Waals surface area (Å²) >= 11 is 0. The molecule has 1 saturated heterocycles. The molecule has 1 aliphatic heterocycles. The van der Waals surface area contributed by atoms with E-state index in [0.29, 0.717) is 12.8 Å². The zero-order chi connectivity index (χ0) is 16.0. The van der Waals surface area contributed by atoms with Crippen molar-refractivity contribution in [2.75, 3.05) is 0 Å². The quantitative estimate of drug-likeness (QED) is 0.681. The highest BCUT2D eigenvalue weighted by atomic mass is 16.8. The Kier molecular flexibility index (Phi) is 3.41. The van der Waals surface area contributed by atoms with Crippen molar-refractivity contribution in [1.82, 2.24) is 0 Å². The van der Waals surface area contributed by atoms with E-state index in [2.05, 4.69) is 0 Å². The van der Waals surface area contributed by atoms with Gasteiger partial charge in [0.15, 0.2) is 11.4 Å². The summed E-state index contributed by atoms with van der Waals surface area (Å²) in [6.07, 6.45) is 1.98. The summed E-state index contributed by atoms with van der Waals surface area (Å²) in [4.78, 5) is 22.5. The lowest BCUT2D eigenvalue weighted by atomic mass is 9.92. The fourth-order valence-corrected chi connectivity index (χ4v) is 3.32. The summed E-state index contributed by atoms with van der Waals surface area (Å²) in [5.41, 5.74) is -1.56. The van der Waals surface area contributed by atoms with Gasteiger partial charge in [-0.05, 0) is 25.8 Å². The highest BCUT2D eigenvalue weighted by Crippen LogP contribution is 2.53. The molecule has 22 heavy (non-hydrogen) atoms. The number of nitrogens with zero attached hydrogens (tertiary/aromatic N) is 1. The third-order valence-corrected chi connectivity index (χ3v) is 4.44. The van der Waals surface area contributed by atoms with Gasteiger partial charge in [-0.25, -0.2) is 4.79 Å². The van der Waals surface area contributed by atoms with E-state index in [9.17, 15) is 20.0 Å². The van der Waals surface area contributed by atoms with E-state index in [-0.39, 0.29) is 11.3 Å². The van der Waals surface area contributed by atoms with Crippen LogP contribution in [0.15, 0.2) is 24.3 Å². The topological polar surface area (TPSA) is 98.9 Å². The lowest BCUT2D eigenvalue weighted by molar-refractivity contribution is -0.386. The number of nitro groups is 1. The molecule has 0 radical (unpaired) electrons. The van der Waals surface area contributed by atoms with Crippen LogP contribution in [0.2, 0.25) is 0 Å². The summed E-state index contributed by atoms with van der Waals surface area (Å²) in [6.45, 7) is 1.42. The van der Waals surface area contributed by atoms with Crippen molar-refractivity contribution in [3.05, 3.63) is 39.9 Å². The number of aliphatic carboxylic acids is 1. The number of carbonyl (C=O) groups is 1. The summed E-state index contributed by atoms with van der Waals surface area (Å²) < 4.78 is 11.8. The number of carboxylic acids is 1. The van der Waals surface area contributed by atoms with Crippen molar-refractivity contribution in [3.8, 4) is 0 Å². The van der Waals surface area contributed by atoms with Crippen LogP contribution in [0.3, 0.4) is 0 Å². The van der Waals surface area contributed by atoms with Crippen LogP contribution in [0, 0.1) is 10.1 Å². The molecule has 1 aliphatic carbocycles. The van der Waals surface area contributed by atoms with Gasteiger partial charge in [0.2, 0.25) is 0 Å². The Hall–Kier alpha value is -1.99. The Balaban J connectivity index is 2.08. The number of hydrogen-bond acceptors (Lipinski definition) is 5. The first kappa shape index (κ1) is 14.9. The molecule has 118 valence electrons. The maximum absolute atomic E-state index is 11.8. The van der Waals surface area contributed by atoms with E-state index in [0.717, 1.165) is 12.8 Å². The minimum atomic E-state index is -1.64. The fourth-order valence-electron chi connectivity index (χ4n) is 3.32. The fraction of sp³-hybridized carbons (Fsp3) is 0.533. The lowest BCUT2D eigenvalue weighted by Crippen LogP contribution is -2.41. The van der Waals surface area contributed by atoms with Gasteiger partial charge in [0.1, 0.15) is 6.10 Å². The average molecular weight is 307 g/mol. The van der Waals surface area contributed by atoms with Gasteiger partial charge in [-0.1, -0.05) is 12.1 Å². The van der Waals surface area contributed by atoms with E-state index in [1.54, 1.807) is 12.1 Å². The van der Waals surface area contributed by atoms with Crippen LogP contribution in [0.4, 0.5) is 5.69 Å². The third-order valence-electron chi connectivity index (χ3n) is 4.44. The third kappa shape index (κ3) is 2.17. The molecule has 0 aromatic heterocycles. The number of carboxylic acid groups (broad SMARTS) is 1. The second kappa shape index (κ2) is 5.03. The molecule has 1 heterocycles. The van der Waals surface area contributed by atoms with Crippen LogP contribution in [-0.4, -0.2) is 27.4 Å². The molecule has 0 unspecified atom stereocenters. The second-order valence-corrected chi connectivity index (χ2v) is 5.95. The van der Waals surface area contributed by atoms with Crippen molar-refractivity contribution < 1.29 is 24.3 Å². The molecule has 7 heteroatoms. The average Bonchev–Trinajstić information content (AvgIpc) is 3.04. The lowest BCUT2D eigenvalue weighted by Gasteiger charge is -2.24. The Bertz CT molecular complexity index is 624. The van der Waals surface area contributed by atoms with Gasteiger partial charge < -0.3 is 14.6 Å². The van der Waals surface area contributed by atoms with Crippen molar-refractivity contribution in [1.29, 1.82) is 0 Å². The van der Waals surface area contributed by atoms with Gasteiger partial charge in [-0.2, -0.15) is 0 Å². The molecule has 0 bridgehead atoms. The second-order valence-electron chi connectivity index (χ2n) is 5.95. The zero-order valence-corrected chi connectivity index (χ0v) is 12.2. The van der Waals surface area contributed by atoms with Gasteiger partial charge in [0, 0.05) is 18.9 Å². The minimum absolute atomic E-state index is 0.154. The molecule has 7 nitrogen and oxygen atoms in total. The summed E-state index contributed by atoms with van der Waals surface area (Å²) in [5, 5.41) is 20.8. The standard InChI is InChI=1S/C15H17NO6/c1-14(13(17)18)12(21-15(22-14)8-4-5-9-15)10-6-2-3-7-11(10)16(19)20/h2-3,6-7,12H,4-5,8-9H2,1H3,(H,17,18)/t12-,14+/m1/s1. The van der Waals surface area contributed by atoms with Crippen LogP contribution >= 0.6 is 0 Å². The van der Waals surface area contributed by atoms with E-state index < -0.39 is 28.4 Å². The maximum atomic E-state index is 11.8. The van der Waals surface area contributed by atoms with Crippen LogP contribution in [0.5, 0.6) is 0 Å². The van der Waals surface area contributed by atoms with Gasteiger partial charge in [-0.3, -0.25) is 10.1 Å². The molecule has 2 aliphatic rings. The van der Waals surface area contributed by atoms with E-state index in [1.165, 1.54) is 19.1 Å². The Morgan fingerprint density at radius 3 is 2.59 bits per heavy atom. The van der Waals surface area contributed by atoms with Crippen LogP contribution in [0.1, 0.15) is 44.3 Å². The summed E-state index contributed by atoms with van der Waals surface area (Å²) in [7, 11) is 0. The molecule has 2 fully saturated rings. The summed E-state index contributed by atoms with van der Waals surface area (Å²) in [6, 6.07) is 6.05. The molecule has 1 saturated carbocycles. The van der Waals surface area contributed by atoms with Crippen LogP contribution in [0.25, 0.3) is 0 Å². The largest absolute Gasteiger partial charge is 0.479 e. The Morgan fingerprint density at radius 2 is 2.00 bits per heavy atom. The first-order chi connectivity index (χ1) is 10.4. The number of hydrogen-bond donors (Lipinski definition) is 1. The summed E-state index contributed by atoms with van der Waals surface area (Å²) in [5.74, 6) is -2.12. The SMILES string of the molecule is C[C@]1(C(=O)O)OC2(CCCC2)O[C@@H]1c1ccccc1[N+](=O)[O-].